The molecular weight excluding hydrogens is 224 g/mol. The molecule has 0 unspecified atom stereocenters. The average molecular weight is 248 g/mol. The molecule has 0 bridgehead atoms. The van der Waals surface area contributed by atoms with Gasteiger partial charge in [0.25, 0.3) is 0 Å². The molecule has 1 rings (SSSR count). The van der Waals surface area contributed by atoms with Crippen LogP contribution in [-0.2, 0) is 11.3 Å². The Kier molecular flexibility index (Phi) is 6.44. The summed E-state index contributed by atoms with van der Waals surface area (Å²) in [5.41, 5.74) is 1.20. The van der Waals surface area contributed by atoms with Crippen LogP contribution in [0.4, 0.5) is 0 Å². The third-order valence-corrected chi connectivity index (χ3v) is 2.90. The third-order valence-electron chi connectivity index (χ3n) is 2.90. The van der Waals surface area contributed by atoms with Gasteiger partial charge in [0, 0.05) is 19.5 Å². The zero-order chi connectivity index (χ0) is 13.4. The number of carbonyl (C=O) groups excluding carboxylic acids is 1. The van der Waals surface area contributed by atoms with Crippen molar-refractivity contribution in [2.24, 2.45) is 0 Å². The van der Waals surface area contributed by atoms with Crippen LogP contribution in [0.3, 0.4) is 0 Å². The van der Waals surface area contributed by atoms with Crippen molar-refractivity contribution in [3.05, 3.63) is 35.9 Å². The second-order valence-electron chi connectivity index (χ2n) is 4.81. The van der Waals surface area contributed by atoms with Gasteiger partial charge in [-0.15, -0.1) is 0 Å². The first kappa shape index (κ1) is 14.7. The standard InChI is InChI=1S/C15H24N2O/c1-4-15(18)17(12-8-11-16(2)3)13-14-9-6-5-7-10-14/h5-7,9-10H,4,8,11-13H2,1-3H3. The molecule has 1 aromatic carbocycles. The largest absolute Gasteiger partial charge is 0.338 e. The summed E-state index contributed by atoms with van der Waals surface area (Å²) in [4.78, 5) is 16.0. The number of hydrogen-bond acceptors (Lipinski definition) is 2. The van der Waals surface area contributed by atoms with Gasteiger partial charge in [-0.05, 0) is 32.6 Å². The maximum absolute atomic E-state index is 11.9. The lowest BCUT2D eigenvalue weighted by atomic mass is 10.2. The highest BCUT2D eigenvalue weighted by atomic mass is 16.2. The van der Waals surface area contributed by atoms with Crippen molar-refractivity contribution in [1.82, 2.24) is 9.80 Å². The van der Waals surface area contributed by atoms with Crippen LogP contribution in [0.5, 0.6) is 0 Å². The van der Waals surface area contributed by atoms with Crippen LogP contribution < -0.4 is 0 Å². The second kappa shape index (κ2) is 7.88. The van der Waals surface area contributed by atoms with Gasteiger partial charge in [-0.2, -0.15) is 0 Å². The van der Waals surface area contributed by atoms with Gasteiger partial charge in [-0.3, -0.25) is 4.79 Å². The van der Waals surface area contributed by atoms with Crippen molar-refractivity contribution in [1.29, 1.82) is 0 Å². The van der Waals surface area contributed by atoms with Crippen LogP contribution in [0.15, 0.2) is 30.3 Å². The van der Waals surface area contributed by atoms with E-state index in [9.17, 15) is 4.79 Å². The molecule has 0 aromatic heterocycles. The van der Waals surface area contributed by atoms with Gasteiger partial charge in [-0.1, -0.05) is 37.3 Å². The number of amides is 1. The molecule has 3 nitrogen and oxygen atoms in total. The first-order valence-electron chi connectivity index (χ1n) is 6.60. The van der Waals surface area contributed by atoms with E-state index in [1.165, 1.54) is 5.56 Å². The molecule has 0 aliphatic heterocycles. The van der Waals surface area contributed by atoms with Crippen molar-refractivity contribution >= 4 is 5.91 Å². The first-order chi connectivity index (χ1) is 8.63. The summed E-state index contributed by atoms with van der Waals surface area (Å²) in [5.74, 6) is 0.234. The summed E-state index contributed by atoms with van der Waals surface area (Å²) in [6.45, 7) is 4.50. The molecule has 0 N–H and O–H groups in total. The van der Waals surface area contributed by atoms with E-state index in [1.807, 2.05) is 30.0 Å². The van der Waals surface area contributed by atoms with Gasteiger partial charge in [0.2, 0.25) is 5.91 Å². The van der Waals surface area contributed by atoms with Gasteiger partial charge in [0.1, 0.15) is 0 Å². The van der Waals surface area contributed by atoms with E-state index < -0.39 is 0 Å². The normalized spacial score (nSPS) is 10.7. The van der Waals surface area contributed by atoms with Gasteiger partial charge in [0.05, 0.1) is 0 Å². The molecule has 0 atom stereocenters. The van der Waals surface area contributed by atoms with Gasteiger partial charge in [0.15, 0.2) is 0 Å². The van der Waals surface area contributed by atoms with E-state index >= 15 is 0 Å². The van der Waals surface area contributed by atoms with E-state index in [1.54, 1.807) is 0 Å². The Morgan fingerprint density at radius 2 is 1.78 bits per heavy atom. The molecule has 0 aliphatic rings. The summed E-state index contributed by atoms with van der Waals surface area (Å²) >= 11 is 0. The Bertz CT molecular complexity index is 349. The quantitative estimate of drug-likeness (QED) is 0.739. The number of rotatable bonds is 7. The highest BCUT2D eigenvalue weighted by molar-refractivity contribution is 5.75. The summed E-state index contributed by atoms with van der Waals surface area (Å²) in [7, 11) is 4.12. The number of benzene rings is 1. The van der Waals surface area contributed by atoms with Crippen LogP contribution in [0.25, 0.3) is 0 Å². The Balaban J connectivity index is 2.53. The van der Waals surface area contributed by atoms with Crippen molar-refractivity contribution in [2.45, 2.75) is 26.3 Å². The Labute approximate surface area is 110 Å². The minimum Gasteiger partial charge on any atom is -0.338 e. The predicted molar refractivity (Wildman–Crippen MR) is 75.3 cm³/mol. The first-order valence-corrected chi connectivity index (χ1v) is 6.60. The lowest BCUT2D eigenvalue weighted by Gasteiger charge is -2.23. The third kappa shape index (κ3) is 5.32. The smallest absolute Gasteiger partial charge is 0.222 e. The van der Waals surface area contributed by atoms with Crippen LogP contribution in [0.1, 0.15) is 25.3 Å². The molecule has 1 aromatic rings. The van der Waals surface area contributed by atoms with Crippen LogP contribution >= 0.6 is 0 Å². The molecule has 0 fully saturated rings. The average Bonchev–Trinajstić information content (AvgIpc) is 2.37. The molecular formula is C15H24N2O. The minimum absolute atomic E-state index is 0.234. The molecule has 0 saturated carbocycles. The van der Waals surface area contributed by atoms with E-state index in [0.29, 0.717) is 6.42 Å². The number of carbonyl (C=O) groups is 1. The summed E-state index contributed by atoms with van der Waals surface area (Å²) in [6.07, 6.45) is 1.60. The van der Waals surface area contributed by atoms with Crippen molar-refractivity contribution in [3.8, 4) is 0 Å². The molecule has 0 radical (unpaired) electrons. The van der Waals surface area contributed by atoms with Crippen LogP contribution in [0.2, 0.25) is 0 Å². The highest BCUT2D eigenvalue weighted by Crippen LogP contribution is 2.07. The molecule has 3 heteroatoms. The monoisotopic (exact) mass is 248 g/mol. The number of nitrogens with zero attached hydrogens (tertiary/aromatic N) is 2. The zero-order valence-electron chi connectivity index (χ0n) is 11.7. The maximum atomic E-state index is 11.9. The summed E-state index contributed by atoms with van der Waals surface area (Å²) in [6, 6.07) is 10.2. The maximum Gasteiger partial charge on any atom is 0.222 e. The fourth-order valence-electron chi connectivity index (χ4n) is 1.90. The van der Waals surface area contributed by atoms with Crippen LogP contribution in [-0.4, -0.2) is 42.9 Å². The lowest BCUT2D eigenvalue weighted by Crippen LogP contribution is -2.32. The Hall–Kier alpha value is -1.35. The van der Waals surface area contributed by atoms with Gasteiger partial charge >= 0.3 is 0 Å². The van der Waals surface area contributed by atoms with Crippen molar-refractivity contribution in [3.63, 3.8) is 0 Å². The van der Waals surface area contributed by atoms with Crippen LogP contribution in [0, 0.1) is 0 Å². The molecule has 0 aliphatic carbocycles. The molecule has 18 heavy (non-hydrogen) atoms. The number of hydrogen-bond donors (Lipinski definition) is 0. The predicted octanol–water partition coefficient (Wildman–Crippen LogP) is 2.38. The molecule has 0 heterocycles. The molecule has 0 spiro atoms. The second-order valence-corrected chi connectivity index (χ2v) is 4.81. The van der Waals surface area contributed by atoms with Crippen molar-refractivity contribution in [2.75, 3.05) is 27.2 Å². The molecule has 100 valence electrons. The zero-order valence-corrected chi connectivity index (χ0v) is 11.7. The molecule has 1 amide bonds. The fraction of sp³-hybridized carbons (Fsp3) is 0.533. The topological polar surface area (TPSA) is 23.6 Å². The van der Waals surface area contributed by atoms with E-state index in [-0.39, 0.29) is 5.91 Å². The van der Waals surface area contributed by atoms with Gasteiger partial charge in [-0.25, -0.2) is 0 Å². The van der Waals surface area contributed by atoms with E-state index in [4.69, 9.17) is 0 Å². The SMILES string of the molecule is CCC(=O)N(CCCN(C)C)Cc1ccccc1. The summed E-state index contributed by atoms with van der Waals surface area (Å²) < 4.78 is 0. The van der Waals surface area contributed by atoms with Gasteiger partial charge < -0.3 is 9.80 Å². The Morgan fingerprint density at radius 3 is 2.33 bits per heavy atom. The highest BCUT2D eigenvalue weighted by Gasteiger charge is 2.11. The lowest BCUT2D eigenvalue weighted by molar-refractivity contribution is -0.131. The summed E-state index contributed by atoms with van der Waals surface area (Å²) in [5, 5.41) is 0. The van der Waals surface area contributed by atoms with E-state index in [0.717, 1.165) is 26.1 Å². The fourth-order valence-corrected chi connectivity index (χ4v) is 1.90. The Morgan fingerprint density at radius 1 is 1.11 bits per heavy atom. The minimum atomic E-state index is 0.234. The molecule has 0 saturated heterocycles. The van der Waals surface area contributed by atoms with Crippen molar-refractivity contribution < 1.29 is 4.79 Å². The van der Waals surface area contributed by atoms with E-state index in [2.05, 4.69) is 31.1 Å².